The number of nitrogens with two attached hydrogens (primary N) is 1. The number of hydrogen-bond acceptors (Lipinski definition) is 3. The topological polar surface area (TPSA) is 55.6 Å². The van der Waals surface area contributed by atoms with Gasteiger partial charge in [-0.15, -0.1) is 0 Å². The molecule has 20 heavy (non-hydrogen) atoms. The molecular formula is C10H14F6N2O2. The number of nitrogens with zero attached hydrogens (tertiary/aromatic N) is 1. The number of likely N-dealkylation sites (tertiary alicyclic amines) is 1. The third-order valence-corrected chi connectivity index (χ3v) is 3.33. The van der Waals surface area contributed by atoms with E-state index in [1.165, 1.54) is 7.11 Å². The molecule has 1 aliphatic heterocycles. The molecule has 0 saturated carbocycles. The smallest absolute Gasteiger partial charge is 0.383 e. The molecule has 1 fully saturated rings. The van der Waals surface area contributed by atoms with Gasteiger partial charge in [-0.2, -0.15) is 26.3 Å². The molecule has 1 aliphatic rings. The zero-order valence-electron chi connectivity index (χ0n) is 10.5. The molecule has 2 N–H and O–H groups in total. The second kappa shape index (κ2) is 5.40. The normalized spacial score (nSPS) is 21.1. The van der Waals surface area contributed by atoms with E-state index in [4.69, 9.17) is 5.73 Å². The second-order valence-corrected chi connectivity index (χ2v) is 4.65. The van der Waals surface area contributed by atoms with E-state index >= 15 is 0 Å². The van der Waals surface area contributed by atoms with Gasteiger partial charge in [0.05, 0.1) is 6.61 Å². The van der Waals surface area contributed by atoms with Gasteiger partial charge in [-0.05, 0) is 6.42 Å². The highest BCUT2D eigenvalue weighted by atomic mass is 19.4. The van der Waals surface area contributed by atoms with Crippen LogP contribution in [0.1, 0.15) is 6.42 Å². The Hall–Kier alpha value is -1.03. The van der Waals surface area contributed by atoms with Crippen LogP contribution in [0.25, 0.3) is 0 Å². The summed E-state index contributed by atoms with van der Waals surface area (Å²) in [5.74, 6) is -0.984. The Morgan fingerprint density at radius 1 is 1.30 bits per heavy atom. The Bertz CT molecular complexity index is 354. The zero-order valence-corrected chi connectivity index (χ0v) is 10.5. The molecule has 1 rings (SSSR count). The molecule has 0 aromatic carbocycles. The summed E-state index contributed by atoms with van der Waals surface area (Å²) in [4.78, 5) is 12.2. The van der Waals surface area contributed by atoms with Gasteiger partial charge >= 0.3 is 12.4 Å². The van der Waals surface area contributed by atoms with Crippen molar-refractivity contribution in [2.75, 3.05) is 26.8 Å². The van der Waals surface area contributed by atoms with Crippen molar-refractivity contribution in [3.63, 3.8) is 0 Å². The van der Waals surface area contributed by atoms with Crippen molar-refractivity contribution in [1.29, 1.82) is 0 Å². The van der Waals surface area contributed by atoms with Crippen LogP contribution in [0, 0.1) is 5.41 Å². The van der Waals surface area contributed by atoms with Crippen LogP contribution in [0.4, 0.5) is 26.3 Å². The molecule has 0 spiro atoms. The summed E-state index contributed by atoms with van der Waals surface area (Å²) in [6.07, 6.45) is -12.2. The molecule has 118 valence electrons. The molecular weight excluding hydrogens is 294 g/mol. The molecule has 0 aromatic heterocycles. The van der Waals surface area contributed by atoms with Gasteiger partial charge in [0, 0.05) is 20.2 Å². The number of carbonyl (C=O) groups is 1. The summed E-state index contributed by atoms with van der Waals surface area (Å²) >= 11 is 0. The molecule has 0 aliphatic carbocycles. The predicted molar refractivity (Wildman–Crippen MR) is 55.6 cm³/mol. The number of methoxy groups -OCH3 is 1. The van der Waals surface area contributed by atoms with E-state index in [1.807, 2.05) is 0 Å². The number of amides is 1. The summed E-state index contributed by atoms with van der Waals surface area (Å²) in [5, 5.41) is 0. The number of halogens is 6. The highest BCUT2D eigenvalue weighted by Crippen LogP contribution is 2.55. The van der Waals surface area contributed by atoms with Crippen LogP contribution < -0.4 is 5.73 Å². The number of hydrogen-bond donors (Lipinski definition) is 1. The lowest BCUT2D eigenvalue weighted by Crippen LogP contribution is -2.53. The van der Waals surface area contributed by atoms with E-state index < -0.39 is 49.2 Å². The quantitative estimate of drug-likeness (QED) is 0.800. The Labute approximate surface area is 110 Å². The summed E-state index contributed by atoms with van der Waals surface area (Å²) in [6.45, 7) is -2.38. The van der Waals surface area contributed by atoms with Gasteiger partial charge < -0.3 is 15.4 Å². The van der Waals surface area contributed by atoms with Crippen molar-refractivity contribution >= 4 is 5.91 Å². The predicted octanol–water partition coefficient (Wildman–Crippen LogP) is 1.30. The third kappa shape index (κ3) is 2.85. The van der Waals surface area contributed by atoms with Crippen molar-refractivity contribution in [2.24, 2.45) is 11.1 Å². The molecule has 10 heteroatoms. The third-order valence-electron chi connectivity index (χ3n) is 3.33. The molecule has 0 bridgehead atoms. The van der Waals surface area contributed by atoms with Crippen LogP contribution >= 0.6 is 0 Å². The van der Waals surface area contributed by atoms with Crippen LogP contribution in [0.2, 0.25) is 0 Å². The summed E-state index contributed by atoms with van der Waals surface area (Å²) in [6, 6.07) is -1.28. The average molecular weight is 308 g/mol. The fraction of sp³-hybridized carbons (Fsp3) is 0.900. The van der Waals surface area contributed by atoms with Crippen LogP contribution in [0.5, 0.6) is 0 Å². The molecule has 0 radical (unpaired) electrons. The van der Waals surface area contributed by atoms with Crippen LogP contribution in [-0.2, 0) is 9.53 Å². The number of alkyl halides is 6. The van der Waals surface area contributed by atoms with E-state index in [0.29, 0.717) is 4.90 Å². The Balaban J connectivity index is 2.95. The molecule has 1 saturated heterocycles. The van der Waals surface area contributed by atoms with Gasteiger partial charge in [-0.25, -0.2) is 0 Å². The van der Waals surface area contributed by atoms with E-state index in [9.17, 15) is 31.1 Å². The molecule has 1 atom stereocenters. The van der Waals surface area contributed by atoms with E-state index in [1.54, 1.807) is 0 Å². The van der Waals surface area contributed by atoms with Gasteiger partial charge in [-0.3, -0.25) is 4.79 Å². The van der Waals surface area contributed by atoms with Crippen LogP contribution in [-0.4, -0.2) is 56.0 Å². The van der Waals surface area contributed by atoms with Gasteiger partial charge in [0.15, 0.2) is 5.41 Å². The van der Waals surface area contributed by atoms with Crippen molar-refractivity contribution in [3.8, 4) is 0 Å². The first-order chi connectivity index (χ1) is 8.96. The minimum Gasteiger partial charge on any atom is -0.383 e. The fourth-order valence-electron chi connectivity index (χ4n) is 2.11. The Kier molecular flexibility index (Phi) is 4.59. The number of carbonyl (C=O) groups excluding carboxylic acids is 1. The zero-order chi connectivity index (χ0) is 15.8. The first-order valence-electron chi connectivity index (χ1n) is 5.63. The average Bonchev–Trinajstić information content (AvgIpc) is 2.72. The largest absolute Gasteiger partial charge is 0.404 e. The SMILES string of the molecule is COCC(N)C(=O)N1CCC(C(F)(F)F)(C(F)(F)F)C1. The van der Waals surface area contributed by atoms with Gasteiger partial charge in [0.2, 0.25) is 5.91 Å². The Morgan fingerprint density at radius 3 is 2.15 bits per heavy atom. The monoisotopic (exact) mass is 308 g/mol. The van der Waals surface area contributed by atoms with Crippen molar-refractivity contribution in [1.82, 2.24) is 4.90 Å². The molecule has 1 amide bonds. The maximum absolute atomic E-state index is 12.8. The number of rotatable bonds is 3. The molecule has 1 heterocycles. The molecule has 1 unspecified atom stereocenters. The first-order valence-corrected chi connectivity index (χ1v) is 5.63. The maximum atomic E-state index is 12.8. The van der Waals surface area contributed by atoms with Crippen molar-refractivity contribution < 1.29 is 35.9 Å². The van der Waals surface area contributed by atoms with E-state index in [2.05, 4.69) is 4.74 Å². The lowest BCUT2D eigenvalue weighted by atomic mass is 9.85. The standard InChI is InChI=1S/C10H14F6N2O2/c1-20-4-6(17)7(19)18-3-2-8(5-18,9(11,12)13)10(14,15)16/h6H,2-5,17H2,1H3. The van der Waals surface area contributed by atoms with Gasteiger partial charge in [-0.1, -0.05) is 0 Å². The number of ether oxygens (including phenoxy) is 1. The van der Waals surface area contributed by atoms with Gasteiger partial charge in [0.1, 0.15) is 6.04 Å². The van der Waals surface area contributed by atoms with Crippen LogP contribution in [0.3, 0.4) is 0 Å². The first kappa shape index (κ1) is 17.0. The van der Waals surface area contributed by atoms with Crippen molar-refractivity contribution in [2.45, 2.75) is 24.8 Å². The molecule has 0 aromatic rings. The minimum atomic E-state index is -5.48. The highest BCUT2D eigenvalue weighted by Gasteiger charge is 2.72. The fourth-order valence-corrected chi connectivity index (χ4v) is 2.11. The lowest BCUT2D eigenvalue weighted by Gasteiger charge is -2.33. The second-order valence-electron chi connectivity index (χ2n) is 4.65. The lowest BCUT2D eigenvalue weighted by molar-refractivity contribution is -0.334. The summed E-state index contributed by atoms with van der Waals surface area (Å²) in [5.41, 5.74) is 1.45. The summed E-state index contributed by atoms with van der Waals surface area (Å²) < 4.78 is 81.3. The van der Waals surface area contributed by atoms with E-state index in [-0.39, 0.29) is 6.61 Å². The highest BCUT2D eigenvalue weighted by molar-refractivity contribution is 5.82. The maximum Gasteiger partial charge on any atom is 0.404 e. The molecule has 4 nitrogen and oxygen atoms in total. The van der Waals surface area contributed by atoms with Crippen molar-refractivity contribution in [3.05, 3.63) is 0 Å². The van der Waals surface area contributed by atoms with E-state index in [0.717, 1.165) is 0 Å². The van der Waals surface area contributed by atoms with Gasteiger partial charge in [0.25, 0.3) is 0 Å². The summed E-state index contributed by atoms with van der Waals surface area (Å²) in [7, 11) is 1.22. The van der Waals surface area contributed by atoms with Crippen LogP contribution in [0.15, 0.2) is 0 Å². The Morgan fingerprint density at radius 2 is 1.80 bits per heavy atom. The minimum absolute atomic E-state index is 0.277.